The molecular formula is C20H25N3O3S. The van der Waals surface area contributed by atoms with Crippen molar-refractivity contribution in [3.8, 4) is 11.5 Å². The van der Waals surface area contributed by atoms with Gasteiger partial charge in [0.2, 0.25) is 12.7 Å². The Kier molecular flexibility index (Phi) is 4.80. The fourth-order valence-electron chi connectivity index (χ4n) is 3.98. The summed E-state index contributed by atoms with van der Waals surface area (Å²) in [4.78, 5) is 18.9. The normalized spacial score (nSPS) is 21.7. The van der Waals surface area contributed by atoms with E-state index in [2.05, 4.69) is 28.6 Å². The number of hydrogen-bond acceptors (Lipinski definition) is 5. The Morgan fingerprint density at radius 2 is 2.11 bits per heavy atom. The predicted octanol–water partition coefficient (Wildman–Crippen LogP) is 3.24. The standard InChI is InChI=1S/C20H25N3O3S/c1-20(9-14-4-5-16-17(8-14)26-13-25-16)7-6-18(24)23(12-20)11-15-10-21-19(27-3)22(15)2/h4-5,8,10H,6-7,9,11-13H2,1-3H3. The first-order valence-electron chi connectivity index (χ1n) is 9.18. The Morgan fingerprint density at radius 1 is 1.30 bits per heavy atom. The molecule has 1 atom stereocenters. The number of carbonyl (C=O) groups excluding carboxylic acids is 1. The second-order valence-electron chi connectivity index (χ2n) is 7.72. The van der Waals surface area contributed by atoms with Gasteiger partial charge in [0.15, 0.2) is 16.7 Å². The van der Waals surface area contributed by atoms with Gasteiger partial charge in [-0.1, -0.05) is 24.8 Å². The smallest absolute Gasteiger partial charge is 0.231 e. The number of thioether (sulfide) groups is 1. The maximum absolute atomic E-state index is 12.5. The molecule has 1 aromatic heterocycles. The van der Waals surface area contributed by atoms with Crippen LogP contribution in [-0.4, -0.2) is 40.0 Å². The van der Waals surface area contributed by atoms with E-state index < -0.39 is 0 Å². The third-order valence-electron chi connectivity index (χ3n) is 5.51. The van der Waals surface area contributed by atoms with E-state index in [1.54, 1.807) is 11.8 Å². The molecule has 1 amide bonds. The van der Waals surface area contributed by atoms with Gasteiger partial charge in [-0.3, -0.25) is 4.79 Å². The quantitative estimate of drug-likeness (QED) is 0.737. The summed E-state index contributed by atoms with van der Waals surface area (Å²) in [5.41, 5.74) is 2.34. The molecule has 2 aromatic rings. The molecule has 0 aliphatic carbocycles. The molecule has 7 heteroatoms. The van der Waals surface area contributed by atoms with E-state index in [0.717, 1.165) is 41.7 Å². The summed E-state index contributed by atoms with van der Waals surface area (Å²) < 4.78 is 13.0. The number of ether oxygens (including phenoxy) is 2. The molecule has 0 saturated carbocycles. The van der Waals surface area contributed by atoms with Crippen molar-refractivity contribution in [2.75, 3.05) is 19.6 Å². The van der Waals surface area contributed by atoms with Gasteiger partial charge in [-0.2, -0.15) is 0 Å². The highest BCUT2D eigenvalue weighted by Crippen LogP contribution is 2.38. The molecule has 1 aromatic carbocycles. The number of hydrogen-bond donors (Lipinski definition) is 0. The Morgan fingerprint density at radius 3 is 2.89 bits per heavy atom. The molecule has 2 aliphatic rings. The summed E-state index contributed by atoms with van der Waals surface area (Å²) in [6.07, 6.45) is 6.30. The molecule has 27 heavy (non-hydrogen) atoms. The van der Waals surface area contributed by atoms with Gasteiger partial charge in [-0.15, -0.1) is 0 Å². The second kappa shape index (κ2) is 7.11. The molecule has 0 bridgehead atoms. The van der Waals surface area contributed by atoms with Crippen LogP contribution in [0.3, 0.4) is 0 Å². The maximum atomic E-state index is 12.5. The molecule has 1 fully saturated rings. The van der Waals surface area contributed by atoms with Crippen LogP contribution in [0.4, 0.5) is 0 Å². The SMILES string of the molecule is CSc1ncc(CN2CC(C)(Cc3ccc4c(c3)OCO4)CCC2=O)n1C. The third kappa shape index (κ3) is 3.65. The van der Waals surface area contributed by atoms with Crippen molar-refractivity contribution in [2.24, 2.45) is 12.5 Å². The molecule has 144 valence electrons. The molecule has 1 unspecified atom stereocenters. The van der Waals surface area contributed by atoms with Crippen LogP contribution >= 0.6 is 11.8 Å². The van der Waals surface area contributed by atoms with Crippen molar-refractivity contribution in [1.82, 2.24) is 14.5 Å². The Balaban J connectivity index is 1.48. The highest BCUT2D eigenvalue weighted by atomic mass is 32.2. The summed E-state index contributed by atoms with van der Waals surface area (Å²) in [5.74, 6) is 1.86. The molecular weight excluding hydrogens is 362 g/mol. The zero-order chi connectivity index (χ0) is 19.0. The van der Waals surface area contributed by atoms with Gasteiger partial charge in [-0.25, -0.2) is 4.98 Å². The number of rotatable bonds is 5. The largest absolute Gasteiger partial charge is 0.454 e. The number of carbonyl (C=O) groups is 1. The van der Waals surface area contributed by atoms with Gasteiger partial charge in [0, 0.05) is 20.0 Å². The zero-order valence-electron chi connectivity index (χ0n) is 16.0. The van der Waals surface area contributed by atoms with Crippen LogP contribution in [0.15, 0.2) is 29.6 Å². The van der Waals surface area contributed by atoms with Crippen molar-refractivity contribution in [3.05, 3.63) is 35.7 Å². The van der Waals surface area contributed by atoms with Crippen molar-refractivity contribution < 1.29 is 14.3 Å². The van der Waals surface area contributed by atoms with Gasteiger partial charge in [0.1, 0.15) is 0 Å². The summed E-state index contributed by atoms with van der Waals surface area (Å²) >= 11 is 1.62. The van der Waals surface area contributed by atoms with E-state index in [0.29, 0.717) is 19.8 Å². The van der Waals surface area contributed by atoms with Gasteiger partial charge < -0.3 is 18.9 Å². The minimum Gasteiger partial charge on any atom is -0.454 e. The number of benzene rings is 1. The van der Waals surface area contributed by atoms with Gasteiger partial charge >= 0.3 is 0 Å². The van der Waals surface area contributed by atoms with Crippen LogP contribution in [0.1, 0.15) is 31.0 Å². The van der Waals surface area contributed by atoms with Crippen molar-refractivity contribution in [2.45, 2.75) is 37.9 Å². The number of fused-ring (bicyclic) bond motifs is 1. The molecule has 2 aliphatic heterocycles. The number of piperidine rings is 1. The fraction of sp³-hybridized carbons (Fsp3) is 0.500. The molecule has 0 spiro atoms. The highest BCUT2D eigenvalue weighted by Gasteiger charge is 2.35. The molecule has 1 saturated heterocycles. The second-order valence-corrected chi connectivity index (χ2v) is 8.49. The number of aromatic nitrogens is 2. The van der Waals surface area contributed by atoms with Gasteiger partial charge in [0.25, 0.3) is 0 Å². The van der Waals surface area contributed by atoms with Crippen molar-refractivity contribution >= 4 is 17.7 Å². The first-order valence-corrected chi connectivity index (χ1v) is 10.4. The Hall–Kier alpha value is -2.15. The van der Waals surface area contributed by atoms with Crippen LogP contribution in [0.5, 0.6) is 11.5 Å². The molecule has 0 N–H and O–H groups in total. The van der Waals surface area contributed by atoms with E-state index in [9.17, 15) is 4.79 Å². The lowest BCUT2D eigenvalue weighted by atomic mass is 9.76. The number of amides is 1. The van der Waals surface area contributed by atoms with Crippen molar-refractivity contribution in [3.63, 3.8) is 0 Å². The summed E-state index contributed by atoms with van der Waals surface area (Å²) in [5, 5.41) is 0.970. The van der Waals surface area contributed by atoms with E-state index in [1.165, 1.54) is 5.56 Å². The van der Waals surface area contributed by atoms with Crippen LogP contribution < -0.4 is 9.47 Å². The highest BCUT2D eigenvalue weighted by molar-refractivity contribution is 7.98. The van der Waals surface area contributed by atoms with Gasteiger partial charge in [0.05, 0.1) is 18.4 Å². The zero-order valence-corrected chi connectivity index (χ0v) is 16.8. The molecule has 4 rings (SSSR count). The van der Waals surface area contributed by atoms with Crippen LogP contribution in [-0.2, 0) is 24.8 Å². The molecule has 6 nitrogen and oxygen atoms in total. The molecule has 0 radical (unpaired) electrons. The average molecular weight is 388 g/mol. The van der Waals surface area contributed by atoms with E-state index in [-0.39, 0.29) is 11.3 Å². The Bertz CT molecular complexity index is 866. The summed E-state index contributed by atoms with van der Waals surface area (Å²) in [7, 11) is 2.01. The van der Waals surface area contributed by atoms with Crippen LogP contribution in [0.25, 0.3) is 0 Å². The first kappa shape index (κ1) is 18.2. The summed E-state index contributed by atoms with van der Waals surface area (Å²) in [6, 6.07) is 6.15. The van der Waals surface area contributed by atoms with Crippen molar-refractivity contribution in [1.29, 1.82) is 0 Å². The van der Waals surface area contributed by atoms with Crippen LogP contribution in [0.2, 0.25) is 0 Å². The number of imidazole rings is 1. The van der Waals surface area contributed by atoms with Crippen LogP contribution in [0, 0.1) is 5.41 Å². The maximum Gasteiger partial charge on any atom is 0.231 e. The number of likely N-dealkylation sites (tertiary alicyclic amines) is 1. The van der Waals surface area contributed by atoms with E-state index in [4.69, 9.17) is 9.47 Å². The third-order valence-corrected chi connectivity index (χ3v) is 6.26. The predicted molar refractivity (Wildman–Crippen MR) is 104 cm³/mol. The first-order chi connectivity index (χ1) is 13.0. The fourth-order valence-corrected chi connectivity index (χ4v) is 4.53. The van der Waals surface area contributed by atoms with E-state index >= 15 is 0 Å². The minimum absolute atomic E-state index is 0.0442. The van der Waals surface area contributed by atoms with E-state index in [1.807, 2.05) is 30.5 Å². The lowest BCUT2D eigenvalue weighted by Crippen LogP contribution is -2.45. The Labute approximate surface area is 163 Å². The van der Waals surface area contributed by atoms with Gasteiger partial charge in [-0.05, 0) is 42.2 Å². The lowest BCUT2D eigenvalue weighted by Gasteiger charge is -2.40. The number of nitrogens with zero attached hydrogens (tertiary/aromatic N) is 3. The topological polar surface area (TPSA) is 56.6 Å². The lowest BCUT2D eigenvalue weighted by molar-refractivity contribution is -0.138. The monoisotopic (exact) mass is 387 g/mol. The average Bonchev–Trinajstić information content (AvgIpc) is 3.25. The minimum atomic E-state index is 0.0442. The summed E-state index contributed by atoms with van der Waals surface area (Å²) in [6.45, 7) is 3.92. The molecule has 3 heterocycles.